The molecule has 3 aromatic carbocycles. The van der Waals surface area contributed by atoms with Crippen LogP contribution in [0, 0.1) is 17.0 Å². The summed E-state index contributed by atoms with van der Waals surface area (Å²) >= 11 is 1.49. The molecule has 0 saturated carbocycles. The first-order valence-electron chi connectivity index (χ1n) is 11.3. The molecule has 182 valence electrons. The van der Waals surface area contributed by atoms with Gasteiger partial charge in [-0.05, 0) is 60.0 Å². The van der Waals surface area contributed by atoms with E-state index in [-0.39, 0.29) is 23.8 Å². The average Bonchev–Trinajstić information content (AvgIpc) is 3.35. The second-order valence-corrected chi connectivity index (χ2v) is 9.38. The maximum absolute atomic E-state index is 12.7. The SMILES string of the molecule is COc1ccc(/C=C/C(=O)c2ccc(Cc3ccccc3)s2)cc1COc1ccc(C)cc1[N+](=O)[O-]. The summed E-state index contributed by atoms with van der Waals surface area (Å²) < 4.78 is 11.2. The van der Waals surface area contributed by atoms with Crippen LogP contribution in [0.1, 0.15) is 36.8 Å². The van der Waals surface area contributed by atoms with Gasteiger partial charge >= 0.3 is 5.69 Å². The van der Waals surface area contributed by atoms with Gasteiger partial charge in [0.2, 0.25) is 0 Å². The molecule has 7 heteroatoms. The van der Waals surface area contributed by atoms with Crippen LogP contribution in [0.4, 0.5) is 5.69 Å². The maximum atomic E-state index is 12.7. The standard InChI is InChI=1S/C29H25NO5S/c1-20-8-13-28(25(16-20)30(32)33)35-19-23-17-22(10-14-27(23)34-2)9-12-26(31)29-15-11-24(36-29)18-21-6-4-3-5-7-21/h3-17H,18-19H2,1-2H3/b12-9+. The van der Waals surface area contributed by atoms with Crippen molar-refractivity contribution in [1.82, 2.24) is 0 Å². The fourth-order valence-corrected chi connectivity index (χ4v) is 4.68. The second kappa shape index (κ2) is 11.5. The Kier molecular flexibility index (Phi) is 7.92. The van der Waals surface area contributed by atoms with Crippen molar-refractivity contribution >= 4 is 28.9 Å². The molecule has 0 fully saturated rings. The predicted molar refractivity (Wildman–Crippen MR) is 142 cm³/mol. The number of methoxy groups -OCH3 is 1. The third-order valence-corrected chi connectivity index (χ3v) is 6.65. The van der Waals surface area contributed by atoms with Crippen LogP contribution in [-0.2, 0) is 13.0 Å². The summed E-state index contributed by atoms with van der Waals surface area (Å²) in [6.45, 7) is 1.87. The average molecular weight is 500 g/mol. The normalized spacial score (nSPS) is 10.9. The number of nitro groups is 1. The molecule has 0 aliphatic carbocycles. The zero-order valence-electron chi connectivity index (χ0n) is 20.0. The number of nitro benzene ring substituents is 1. The highest BCUT2D eigenvalue weighted by molar-refractivity contribution is 7.14. The number of nitrogens with zero attached hydrogens (tertiary/aromatic N) is 1. The van der Waals surface area contributed by atoms with Gasteiger partial charge in [0.25, 0.3) is 0 Å². The minimum atomic E-state index is -0.458. The number of rotatable bonds is 10. The Balaban J connectivity index is 1.46. The molecule has 0 aliphatic heterocycles. The summed E-state index contributed by atoms with van der Waals surface area (Å²) in [7, 11) is 1.55. The van der Waals surface area contributed by atoms with Gasteiger partial charge in [0.1, 0.15) is 12.4 Å². The van der Waals surface area contributed by atoms with Crippen LogP contribution in [0.3, 0.4) is 0 Å². The van der Waals surface area contributed by atoms with Gasteiger partial charge in [-0.1, -0.05) is 48.5 Å². The van der Waals surface area contributed by atoms with E-state index in [1.165, 1.54) is 23.0 Å². The highest BCUT2D eigenvalue weighted by Crippen LogP contribution is 2.30. The molecule has 1 heterocycles. The number of allylic oxidation sites excluding steroid dienone is 1. The first-order chi connectivity index (χ1) is 17.4. The van der Waals surface area contributed by atoms with Gasteiger partial charge in [-0.2, -0.15) is 0 Å². The lowest BCUT2D eigenvalue weighted by molar-refractivity contribution is -0.386. The molecule has 0 spiro atoms. The third kappa shape index (κ3) is 6.25. The van der Waals surface area contributed by atoms with Crippen molar-refractivity contribution in [3.63, 3.8) is 0 Å². The Bertz CT molecular complexity index is 1410. The summed E-state index contributed by atoms with van der Waals surface area (Å²) in [5.74, 6) is 0.716. The van der Waals surface area contributed by atoms with Crippen LogP contribution in [-0.4, -0.2) is 17.8 Å². The van der Waals surface area contributed by atoms with Gasteiger partial charge in [-0.3, -0.25) is 14.9 Å². The number of hydrogen-bond donors (Lipinski definition) is 0. The van der Waals surface area contributed by atoms with Gasteiger partial charge < -0.3 is 9.47 Å². The van der Waals surface area contributed by atoms with Crippen molar-refractivity contribution in [3.05, 3.63) is 127 Å². The molecule has 1 aromatic heterocycles. The molecular weight excluding hydrogens is 474 g/mol. The zero-order chi connectivity index (χ0) is 25.5. The lowest BCUT2D eigenvalue weighted by Gasteiger charge is -2.11. The summed E-state index contributed by atoms with van der Waals surface area (Å²) in [6.07, 6.45) is 4.09. The molecule has 0 atom stereocenters. The molecule has 0 aliphatic rings. The number of benzene rings is 3. The van der Waals surface area contributed by atoms with E-state index in [4.69, 9.17) is 9.47 Å². The highest BCUT2D eigenvalue weighted by atomic mass is 32.1. The van der Waals surface area contributed by atoms with E-state index >= 15 is 0 Å². The Morgan fingerprint density at radius 2 is 1.78 bits per heavy atom. The van der Waals surface area contributed by atoms with E-state index in [0.29, 0.717) is 16.2 Å². The molecule has 4 aromatic rings. The van der Waals surface area contributed by atoms with Gasteiger partial charge in [-0.25, -0.2) is 0 Å². The molecule has 4 rings (SSSR count). The zero-order valence-corrected chi connectivity index (χ0v) is 20.8. The molecular formula is C29H25NO5S. The van der Waals surface area contributed by atoms with Crippen molar-refractivity contribution in [3.8, 4) is 11.5 Å². The fraction of sp³-hybridized carbons (Fsp3) is 0.138. The molecule has 36 heavy (non-hydrogen) atoms. The van der Waals surface area contributed by atoms with Crippen LogP contribution in [0.2, 0.25) is 0 Å². The third-order valence-electron chi connectivity index (χ3n) is 5.55. The van der Waals surface area contributed by atoms with Crippen molar-refractivity contribution in [1.29, 1.82) is 0 Å². The first-order valence-corrected chi connectivity index (χ1v) is 12.1. The molecule has 0 N–H and O–H groups in total. The van der Waals surface area contributed by atoms with Crippen molar-refractivity contribution in [2.45, 2.75) is 20.0 Å². The second-order valence-electron chi connectivity index (χ2n) is 8.21. The van der Waals surface area contributed by atoms with Crippen LogP contribution < -0.4 is 9.47 Å². The molecule has 0 amide bonds. The van der Waals surface area contributed by atoms with Crippen LogP contribution in [0.15, 0.2) is 84.9 Å². The Morgan fingerprint density at radius 1 is 1.00 bits per heavy atom. The Hall–Kier alpha value is -4.23. The van der Waals surface area contributed by atoms with E-state index < -0.39 is 4.92 Å². The number of carbonyl (C=O) groups is 1. The van der Waals surface area contributed by atoms with Crippen LogP contribution in [0.25, 0.3) is 6.08 Å². The number of hydrogen-bond acceptors (Lipinski definition) is 6. The summed E-state index contributed by atoms with van der Waals surface area (Å²) in [4.78, 5) is 25.5. The van der Waals surface area contributed by atoms with Crippen LogP contribution >= 0.6 is 11.3 Å². The van der Waals surface area contributed by atoms with Crippen LogP contribution in [0.5, 0.6) is 11.5 Å². The lowest BCUT2D eigenvalue weighted by atomic mass is 10.1. The van der Waals surface area contributed by atoms with E-state index in [1.54, 1.807) is 44.4 Å². The number of ketones is 1. The summed E-state index contributed by atoms with van der Waals surface area (Å²) in [5.41, 5.74) is 3.41. The Morgan fingerprint density at radius 3 is 2.53 bits per heavy atom. The molecule has 0 saturated heterocycles. The molecule has 0 unspecified atom stereocenters. The Labute approximate surface area is 213 Å². The topological polar surface area (TPSA) is 78.7 Å². The van der Waals surface area contributed by atoms with Gasteiger partial charge in [0.15, 0.2) is 11.5 Å². The number of aryl methyl sites for hydroxylation is 1. The van der Waals surface area contributed by atoms with Crippen molar-refractivity contribution < 1.29 is 19.2 Å². The van der Waals surface area contributed by atoms with Crippen molar-refractivity contribution in [2.24, 2.45) is 0 Å². The van der Waals surface area contributed by atoms with E-state index in [1.807, 2.05) is 42.5 Å². The number of ether oxygens (including phenoxy) is 2. The van der Waals surface area contributed by atoms with Gasteiger partial charge in [-0.15, -0.1) is 11.3 Å². The van der Waals surface area contributed by atoms with E-state index in [0.717, 1.165) is 22.4 Å². The predicted octanol–water partition coefficient (Wildman–Crippen LogP) is 7.04. The largest absolute Gasteiger partial charge is 0.496 e. The number of thiophene rings is 1. The summed E-state index contributed by atoms with van der Waals surface area (Å²) in [5, 5.41) is 11.4. The minimum Gasteiger partial charge on any atom is -0.496 e. The van der Waals surface area contributed by atoms with Gasteiger partial charge in [0.05, 0.1) is 16.9 Å². The molecule has 0 bridgehead atoms. The lowest BCUT2D eigenvalue weighted by Crippen LogP contribution is -2.02. The monoisotopic (exact) mass is 499 g/mol. The fourth-order valence-electron chi connectivity index (χ4n) is 3.72. The first kappa shape index (κ1) is 24.9. The molecule has 6 nitrogen and oxygen atoms in total. The summed E-state index contributed by atoms with van der Waals surface area (Å²) in [6, 6.07) is 24.3. The van der Waals surface area contributed by atoms with Gasteiger partial charge in [0, 0.05) is 22.9 Å². The highest BCUT2D eigenvalue weighted by Gasteiger charge is 2.16. The molecule has 0 radical (unpaired) electrons. The quantitative estimate of drug-likeness (QED) is 0.101. The minimum absolute atomic E-state index is 0.0665. The van der Waals surface area contributed by atoms with Crippen molar-refractivity contribution in [2.75, 3.05) is 7.11 Å². The van der Waals surface area contributed by atoms with E-state index in [2.05, 4.69) is 12.1 Å². The number of carbonyl (C=O) groups excluding carboxylic acids is 1. The van der Waals surface area contributed by atoms with E-state index in [9.17, 15) is 14.9 Å². The maximum Gasteiger partial charge on any atom is 0.311 e. The smallest absolute Gasteiger partial charge is 0.311 e.